The number of hydrogen-bond acceptors (Lipinski definition) is 3. The summed E-state index contributed by atoms with van der Waals surface area (Å²) in [6.45, 7) is 4.64. The van der Waals surface area contributed by atoms with Crippen molar-refractivity contribution in [3.8, 4) is 0 Å². The monoisotopic (exact) mass is 305 g/mol. The molecule has 23 heavy (non-hydrogen) atoms. The van der Waals surface area contributed by atoms with Gasteiger partial charge in [-0.15, -0.1) is 0 Å². The van der Waals surface area contributed by atoms with Gasteiger partial charge in [-0.2, -0.15) is 0 Å². The van der Waals surface area contributed by atoms with E-state index in [1.807, 2.05) is 42.5 Å². The van der Waals surface area contributed by atoms with Crippen molar-refractivity contribution in [2.45, 2.75) is 26.3 Å². The third kappa shape index (κ3) is 3.37. The molecule has 0 radical (unpaired) electrons. The highest BCUT2D eigenvalue weighted by Crippen LogP contribution is 2.22. The third-order valence-corrected chi connectivity index (χ3v) is 3.77. The van der Waals surface area contributed by atoms with Gasteiger partial charge >= 0.3 is 0 Å². The molecule has 0 saturated heterocycles. The molecule has 2 heterocycles. The Labute approximate surface area is 135 Å². The number of para-hydroxylation sites is 1. The average molecular weight is 305 g/mol. The van der Waals surface area contributed by atoms with Gasteiger partial charge < -0.3 is 5.32 Å². The number of fused-ring (bicyclic) bond motifs is 1. The second-order valence-electron chi connectivity index (χ2n) is 5.80. The minimum Gasteiger partial charge on any atom is -0.348 e. The number of amides is 1. The Morgan fingerprint density at radius 2 is 1.87 bits per heavy atom. The van der Waals surface area contributed by atoms with E-state index in [4.69, 9.17) is 0 Å². The molecule has 0 fully saturated rings. The first-order valence-electron chi connectivity index (χ1n) is 7.72. The number of aromatic nitrogens is 2. The van der Waals surface area contributed by atoms with E-state index in [0.29, 0.717) is 12.1 Å². The van der Waals surface area contributed by atoms with Gasteiger partial charge in [0.25, 0.3) is 5.91 Å². The summed E-state index contributed by atoms with van der Waals surface area (Å²) >= 11 is 0. The van der Waals surface area contributed by atoms with Gasteiger partial charge in [-0.3, -0.25) is 14.8 Å². The summed E-state index contributed by atoms with van der Waals surface area (Å²) in [5.41, 5.74) is 3.48. The molecule has 0 unspecified atom stereocenters. The van der Waals surface area contributed by atoms with Crippen molar-refractivity contribution >= 4 is 16.8 Å². The highest BCUT2D eigenvalue weighted by atomic mass is 16.1. The summed E-state index contributed by atoms with van der Waals surface area (Å²) in [4.78, 5) is 21.3. The lowest BCUT2D eigenvalue weighted by molar-refractivity contribution is 0.0952. The molecule has 0 bridgehead atoms. The number of nitrogens with one attached hydrogen (secondary N) is 1. The molecular weight excluding hydrogens is 286 g/mol. The molecule has 2 aromatic heterocycles. The Bertz CT molecular complexity index is 828. The van der Waals surface area contributed by atoms with Crippen LogP contribution in [0.25, 0.3) is 10.9 Å². The van der Waals surface area contributed by atoms with E-state index in [1.54, 1.807) is 12.4 Å². The molecule has 1 aromatic carbocycles. The van der Waals surface area contributed by atoms with Gasteiger partial charge in [0.2, 0.25) is 0 Å². The van der Waals surface area contributed by atoms with E-state index >= 15 is 0 Å². The molecule has 0 spiro atoms. The second-order valence-corrected chi connectivity index (χ2v) is 5.80. The minimum absolute atomic E-state index is 0.0812. The highest BCUT2D eigenvalue weighted by Gasteiger charge is 2.14. The summed E-state index contributed by atoms with van der Waals surface area (Å²) in [6.07, 6.45) is 3.44. The fourth-order valence-electron chi connectivity index (χ4n) is 2.46. The number of pyridine rings is 2. The molecule has 0 aliphatic heterocycles. The molecular formula is C19H19N3O. The Kier molecular flexibility index (Phi) is 4.33. The Balaban J connectivity index is 1.92. The van der Waals surface area contributed by atoms with Crippen molar-refractivity contribution in [2.75, 3.05) is 0 Å². The van der Waals surface area contributed by atoms with Gasteiger partial charge in [0.15, 0.2) is 0 Å². The van der Waals surface area contributed by atoms with Crippen LogP contribution in [0.4, 0.5) is 0 Å². The molecule has 1 N–H and O–H groups in total. The molecule has 0 aliphatic rings. The largest absolute Gasteiger partial charge is 0.348 e. The van der Waals surface area contributed by atoms with Crippen LogP contribution in [0.1, 0.15) is 41.4 Å². The van der Waals surface area contributed by atoms with Gasteiger partial charge in [-0.1, -0.05) is 32.0 Å². The average Bonchev–Trinajstić information content (AvgIpc) is 2.59. The summed E-state index contributed by atoms with van der Waals surface area (Å²) in [5, 5.41) is 3.86. The maximum Gasteiger partial charge on any atom is 0.252 e. The topological polar surface area (TPSA) is 54.9 Å². The lowest BCUT2D eigenvalue weighted by Gasteiger charge is -2.12. The van der Waals surface area contributed by atoms with Gasteiger partial charge in [-0.05, 0) is 35.7 Å². The standard InChI is InChI=1S/C19H19N3O/c1-13(2)18-11-16(15-5-3-4-6-17(15)22-18)19(23)21-12-14-7-9-20-10-8-14/h3-11,13H,12H2,1-2H3,(H,21,23). The van der Waals surface area contributed by atoms with E-state index < -0.39 is 0 Å². The molecule has 0 atom stereocenters. The van der Waals surface area contributed by atoms with Crippen LogP contribution in [0.5, 0.6) is 0 Å². The van der Waals surface area contributed by atoms with Crippen molar-refractivity contribution < 1.29 is 4.79 Å². The SMILES string of the molecule is CC(C)c1cc(C(=O)NCc2ccncc2)c2ccccc2n1. The molecule has 0 saturated carbocycles. The van der Waals surface area contributed by atoms with Crippen molar-refractivity contribution in [3.05, 3.63) is 71.7 Å². The zero-order valence-corrected chi connectivity index (χ0v) is 13.3. The third-order valence-electron chi connectivity index (χ3n) is 3.77. The molecule has 3 aromatic rings. The summed E-state index contributed by atoms with van der Waals surface area (Å²) in [6, 6.07) is 13.4. The van der Waals surface area contributed by atoms with Crippen LogP contribution in [0.3, 0.4) is 0 Å². The van der Waals surface area contributed by atoms with Crippen LogP contribution in [0.15, 0.2) is 54.9 Å². The maximum absolute atomic E-state index is 12.7. The first-order valence-corrected chi connectivity index (χ1v) is 7.72. The first-order chi connectivity index (χ1) is 11.1. The Morgan fingerprint density at radius 1 is 1.13 bits per heavy atom. The first kappa shape index (κ1) is 15.2. The number of nitrogens with zero attached hydrogens (tertiary/aromatic N) is 2. The summed E-state index contributed by atoms with van der Waals surface area (Å²) < 4.78 is 0. The predicted molar refractivity (Wildman–Crippen MR) is 91.2 cm³/mol. The number of carbonyl (C=O) groups excluding carboxylic acids is 1. The van der Waals surface area contributed by atoms with Gasteiger partial charge in [0.1, 0.15) is 0 Å². The van der Waals surface area contributed by atoms with E-state index in [-0.39, 0.29) is 11.8 Å². The van der Waals surface area contributed by atoms with Gasteiger partial charge in [-0.25, -0.2) is 0 Å². The van der Waals surface area contributed by atoms with Crippen molar-refractivity contribution in [2.24, 2.45) is 0 Å². The molecule has 3 rings (SSSR count). The van der Waals surface area contributed by atoms with E-state index in [1.165, 1.54) is 0 Å². The Morgan fingerprint density at radius 3 is 2.61 bits per heavy atom. The quantitative estimate of drug-likeness (QED) is 0.800. The fourth-order valence-corrected chi connectivity index (χ4v) is 2.46. The van der Waals surface area contributed by atoms with E-state index in [9.17, 15) is 4.79 Å². The normalized spacial score (nSPS) is 10.9. The van der Waals surface area contributed by atoms with Crippen LogP contribution in [0.2, 0.25) is 0 Å². The lowest BCUT2D eigenvalue weighted by atomic mass is 10.0. The van der Waals surface area contributed by atoms with Crippen molar-refractivity contribution in [1.29, 1.82) is 0 Å². The predicted octanol–water partition coefficient (Wildman–Crippen LogP) is 3.68. The zero-order valence-electron chi connectivity index (χ0n) is 13.3. The van der Waals surface area contributed by atoms with E-state index in [2.05, 4.69) is 29.1 Å². The molecule has 4 heteroatoms. The maximum atomic E-state index is 12.7. The van der Waals surface area contributed by atoms with Crippen LogP contribution in [-0.4, -0.2) is 15.9 Å². The van der Waals surface area contributed by atoms with Gasteiger partial charge in [0, 0.05) is 30.0 Å². The van der Waals surface area contributed by atoms with Crippen LogP contribution in [0, 0.1) is 0 Å². The highest BCUT2D eigenvalue weighted by molar-refractivity contribution is 6.06. The number of rotatable bonds is 4. The summed E-state index contributed by atoms with van der Waals surface area (Å²) in [5.74, 6) is 0.189. The molecule has 0 aliphatic carbocycles. The van der Waals surface area contributed by atoms with Gasteiger partial charge in [0.05, 0.1) is 11.1 Å². The zero-order chi connectivity index (χ0) is 16.2. The van der Waals surface area contributed by atoms with Crippen LogP contribution < -0.4 is 5.32 Å². The van der Waals surface area contributed by atoms with E-state index in [0.717, 1.165) is 22.2 Å². The molecule has 1 amide bonds. The molecule has 116 valence electrons. The lowest BCUT2D eigenvalue weighted by Crippen LogP contribution is -2.23. The van der Waals surface area contributed by atoms with Crippen LogP contribution in [-0.2, 0) is 6.54 Å². The van der Waals surface area contributed by atoms with Crippen molar-refractivity contribution in [1.82, 2.24) is 15.3 Å². The second kappa shape index (κ2) is 6.57. The smallest absolute Gasteiger partial charge is 0.252 e. The van der Waals surface area contributed by atoms with Crippen molar-refractivity contribution in [3.63, 3.8) is 0 Å². The summed E-state index contributed by atoms with van der Waals surface area (Å²) in [7, 11) is 0. The fraction of sp³-hybridized carbons (Fsp3) is 0.211. The Hall–Kier alpha value is -2.75. The molecule has 4 nitrogen and oxygen atoms in total. The number of carbonyl (C=O) groups is 1. The number of hydrogen-bond donors (Lipinski definition) is 1. The minimum atomic E-state index is -0.0812. The van der Waals surface area contributed by atoms with Crippen LogP contribution >= 0.6 is 0 Å². The number of benzene rings is 1.